The van der Waals surface area contributed by atoms with E-state index in [1.807, 2.05) is 30.5 Å². The lowest BCUT2D eigenvalue weighted by Crippen LogP contribution is -2.55. The number of hydrogen-bond donors (Lipinski definition) is 2. The molecule has 10 nitrogen and oxygen atoms in total. The number of hydrogen-bond acceptors (Lipinski definition) is 7. The second-order valence-electron chi connectivity index (χ2n) is 9.39. The second kappa shape index (κ2) is 9.41. The Labute approximate surface area is 219 Å². The summed E-state index contributed by atoms with van der Waals surface area (Å²) in [5.41, 5.74) is 9.56. The van der Waals surface area contributed by atoms with E-state index in [1.165, 1.54) is 7.11 Å². The molecule has 2 aliphatic heterocycles. The summed E-state index contributed by atoms with van der Waals surface area (Å²) in [6, 6.07) is 9.59. The largest absolute Gasteiger partial charge is 0.480 e. The SMILES string of the molecule is COc1nc(N)ncc1-c1cc2c(n1C(C)C)C(c1ccc(C#N)cc1)N(C1CC(Cl)CNC1=O)C2=O. The van der Waals surface area contributed by atoms with E-state index >= 15 is 0 Å². The van der Waals surface area contributed by atoms with Crippen LogP contribution in [-0.2, 0) is 4.79 Å². The molecule has 3 atom stereocenters. The molecule has 2 amide bonds. The van der Waals surface area contributed by atoms with Crippen LogP contribution in [-0.4, -0.2) is 56.3 Å². The molecule has 37 heavy (non-hydrogen) atoms. The van der Waals surface area contributed by atoms with Crippen molar-refractivity contribution in [1.29, 1.82) is 5.26 Å². The molecule has 3 aromatic rings. The van der Waals surface area contributed by atoms with E-state index in [-0.39, 0.29) is 29.2 Å². The number of aromatic nitrogens is 3. The van der Waals surface area contributed by atoms with Crippen molar-refractivity contribution in [2.45, 2.75) is 43.8 Å². The number of piperidine rings is 1. The first-order valence-corrected chi connectivity index (χ1v) is 12.3. The molecule has 0 aliphatic carbocycles. The molecular weight excluding hydrogens is 494 g/mol. The van der Waals surface area contributed by atoms with Gasteiger partial charge in [0.15, 0.2) is 0 Å². The Kier molecular flexibility index (Phi) is 6.25. The highest BCUT2D eigenvalue weighted by molar-refractivity contribution is 6.21. The van der Waals surface area contributed by atoms with Crippen LogP contribution in [0.25, 0.3) is 11.3 Å². The van der Waals surface area contributed by atoms with Crippen molar-refractivity contribution in [1.82, 2.24) is 24.8 Å². The number of benzene rings is 1. The van der Waals surface area contributed by atoms with Gasteiger partial charge in [-0.2, -0.15) is 10.2 Å². The summed E-state index contributed by atoms with van der Waals surface area (Å²) < 4.78 is 7.53. The lowest BCUT2D eigenvalue weighted by Gasteiger charge is -2.37. The summed E-state index contributed by atoms with van der Waals surface area (Å²) in [4.78, 5) is 37.0. The third kappa shape index (κ3) is 4.05. The van der Waals surface area contributed by atoms with Gasteiger partial charge in [-0.25, -0.2) is 4.98 Å². The molecule has 4 heterocycles. The zero-order valence-electron chi connectivity index (χ0n) is 20.6. The van der Waals surface area contributed by atoms with Crippen LogP contribution in [0.1, 0.15) is 59.5 Å². The Morgan fingerprint density at radius 3 is 2.62 bits per heavy atom. The van der Waals surface area contributed by atoms with E-state index < -0.39 is 12.1 Å². The first-order chi connectivity index (χ1) is 17.7. The minimum atomic E-state index is -0.741. The highest BCUT2D eigenvalue weighted by Gasteiger charge is 2.48. The van der Waals surface area contributed by atoms with Crippen molar-refractivity contribution >= 4 is 29.4 Å². The van der Waals surface area contributed by atoms with Crippen molar-refractivity contribution in [2.24, 2.45) is 0 Å². The molecule has 2 aromatic heterocycles. The van der Waals surface area contributed by atoms with Crippen molar-refractivity contribution in [3.05, 3.63) is 58.9 Å². The van der Waals surface area contributed by atoms with Crippen LogP contribution >= 0.6 is 11.6 Å². The molecule has 0 bridgehead atoms. The molecule has 0 radical (unpaired) electrons. The molecule has 1 fully saturated rings. The summed E-state index contributed by atoms with van der Waals surface area (Å²) in [6.45, 7) is 4.38. The summed E-state index contributed by atoms with van der Waals surface area (Å²) in [7, 11) is 1.50. The second-order valence-corrected chi connectivity index (χ2v) is 10.0. The number of amides is 2. The van der Waals surface area contributed by atoms with Gasteiger partial charge in [0.25, 0.3) is 5.91 Å². The van der Waals surface area contributed by atoms with Crippen LogP contribution in [0.4, 0.5) is 5.95 Å². The normalized spacial score (nSPS) is 21.1. The first-order valence-electron chi connectivity index (χ1n) is 11.9. The number of nitrogens with zero attached hydrogens (tertiary/aromatic N) is 5. The van der Waals surface area contributed by atoms with Gasteiger partial charge in [0.2, 0.25) is 17.7 Å². The Hall–Kier alpha value is -4.10. The first kappa shape index (κ1) is 24.6. The van der Waals surface area contributed by atoms with E-state index in [9.17, 15) is 14.9 Å². The number of nitrogens with two attached hydrogens (primary N) is 1. The quantitative estimate of drug-likeness (QED) is 0.494. The fourth-order valence-electron chi connectivity index (χ4n) is 5.23. The Balaban J connectivity index is 1.74. The summed E-state index contributed by atoms with van der Waals surface area (Å²) in [6.07, 6.45) is 1.92. The molecule has 1 saturated heterocycles. The Morgan fingerprint density at radius 2 is 1.97 bits per heavy atom. The average Bonchev–Trinajstić information content (AvgIpc) is 3.40. The molecule has 2 aliphatic rings. The topological polar surface area (TPSA) is 139 Å². The third-order valence-electron chi connectivity index (χ3n) is 6.81. The molecule has 1 aromatic carbocycles. The smallest absolute Gasteiger partial charge is 0.257 e. The molecular formula is C26H26ClN7O3. The Bertz CT molecular complexity index is 1430. The number of nitrogen functional groups attached to an aromatic ring is 1. The van der Waals surface area contributed by atoms with Gasteiger partial charge in [-0.15, -0.1) is 11.6 Å². The lowest BCUT2D eigenvalue weighted by atomic mass is 9.98. The standard InChI is InChI=1S/C26H26ClN7O3/c1-13(2)33-19(18-12-31-26(29)32-24(18)37-3)9-17-22(33)21(15-6-4-14(10-28)5-7-15)34(25(17)36)20-8-16(27)11-30-23(20)35/h4-7,9,12-13,16,20-21H,8,11H2,1-3H3,(H,30,35)(H2,29,31,32). The monoisotopic (exact) mass is 519 g/mol. The minimum absolute atomic E-state index is 0.0735. The molecule has 3 N–H and O–H groups in total. The third-order valence-corrected chi connectivity index (χ3v) is 7.14. The van der Waals surface area contributed by atoms with Crippen LogP contribution in [0.2, 0.25) is 0 Å². The van der Waals surface area contributed by atoms with Crippen LogP contribution in [0.5, 0.6) is 5.88 Å². The van der Waals surface area contributed by atoms with Crippen molar-refractivity contribution < 1.29 is 14.3 Å². The van der Waals surface area contributed by atoms with Crippen LogP contribution < -0.4 is 15.8 Å². The number of nitrogens with one attached hydrogen (secondary N) is 1. The zero-order valence-corrected chi connectivity index (χ0v) is 21.4. The molecule has 5 rings (SSSR count). The molecule has 3 unspecified atom stereocenters. The maximum Gasteiger partial charge on any atom is 0.257 e. The molecule has 0 saturated carbocycles. The fraction of sp³-hybridized carbons (Fsp3) is 0.346. The summed E-state index contributed by atoms with van der Waals surface area (Å²) >= 11 is 6.42. The number of carbonyl (C=O) groups is 2. The molecule has 190 valence electrons. The van der Waals surface area contributed by atoms with E-state index in [0.29, 0.717) is 41.2 Å². The number of fused-ring (bicyclic) bond motifs is 1. The van der Waals surface area contributed by atoms with Gasteiger partial charge in [0, 0.05) is 18.8 Å². The van der Waals surface area contributed by atoms with Crippen molar-refractivity contribution in [3.8, 4) is 23.2 Å². The lowest BCUT2D eigenvalue weighted by molar-refractivity contribution is -0.127. The van der Waals surface area contributed by atoms with E-state index in [1.54, 1.807) is 29.3 Å². The fourth-order valence-corrected chi connectivity index (χ4v) is 5.48. The van der Waals surface area contributed by atoms with Gasteiger partial charge < -0.3 is 25.3 Å². The van der Waals surface area contributed by atoms with Gasteiger partial charge in [-0.05, 0) is 44.0 Å². The summed E-state index contributed by atoms with van der Waals surface area (Å²) in [5, 5.41) is 11.8. The van der Waals surface area contributed by atoms with E-state index in [2.05, 4.69) is 21.4 Å². The maximum absolute atomic E-state index is 14.0. The minimum Gasteiger partial charge on any atom is -0.480 e. The van der Waals surface area contributed by atoms with Gasteiger partial charge in [0.1, 0.15) is 6.04 Å². The van der Waals surface area contributed by atoms with Gasteiger partial charge in [-0.3, -0.25) is 9.59 Å². The van der Waals surface area contributed by atoms with Crippen molar-refractivity contribution in [3.63, 3.8) is 0 Å². The summed E-state index contributed by atoms with van der Waals surface area (Å²) in [5.74, 6) is -0.140. The number of carbonyl (C=O) groups excluding carboxylic acids is 2. The maximum atomic E-state index is 14.0. The number of anilines is 1. The van der Waals surface area contributed by atoms with Crippen molar-refractivity contribution in [2.75, 3.05) is 19.4 Å². The number of rotatable bonds is 5. The molecule has 0 spiro atoms. The Morgan fingerprint density at radius 1 is 1.24 bits per heavy atom. The van der Waals surface area contributed by atoms with Crippen LogP contribution in [0.3, 0.4) is 0 Å². The van der Waals surface area contributed by atoms with Gasteiger partial charge in [-0.1, -0.05) is 12.1 Å². The van der Waals surface area contributed by atoms with Gasteiger partial charge in [0.05, 0.1) is 52.7 Å². The highest BCUT2D eigenvalue weighted by atomic mass is 35.5. The van der Waals surface area contributed by atoms with E-state index in [4.69, 9.17) is 22.1 Å². The van der Waals surface area contributed by atoms with Crippen LogP contribution in [0, 0.1) is 11.3 Å². The predicted octanol–water partition coefficient (Wildman–Crippen LogP) is 3.03. The van der Waals surface area contributed by atoms with E-state index in [0.717, 1.165) is 11.3 Å². The van der Waals surface area contributed by atoms with Crippen LogP contribution in [0.15, 0.2) is 36.5 Å². The zero-order chi connectivity index (χ0) is 26.4. The predicted molar refractivity (Wildman–Crippen MR) is 137 cm³/mol. The number of methoxy groups -OCH3 is 1. The number of ether oxygens (including phenoxy) is 1. The number of alkyl halides is 1. The molecule has 11 heteroatoms. The van der Waals surface area contributed by atoms with Gasteiger partial charge >= 0.3 is 0 Å². The number of nitriles is 1. The average molecular weight is 520 g/mol. The highest BCUT2D eigenvalue weighted by Crippen LogP contribution is 2.46. The number of halogens is 1.